The summed E-state index contributed by atoms with van der Waals surface area (Å²) in [7, 11) is 0. The van der Waals surface area contributed by atoms with Gasteiger partial charge in [0.2, 0.25) is 0 Å². The number of nitrogens with zero attached hydrogens (tertiary/aromatic N) is 1. The van der Waals surface area contributed by atoms with Gasteiger partial charge in [-0.05, 0) is 20.8 Å². The number of pyridine rings is 1. The molecule has 0 saturated heterocycles. The molecule has 0 aliphatic carbocycles. The minimum atomic E-state index is -0.612. The Kier molecular flexibility index (Phi) is 4.37. The Balaban J connectivity index is 0.00000128. The van der Waals surface area contributed by atoms with Gasteiger partial charge < -0.3 is 16.0 Å². The summed E-state index contributed by atoms with van der Waals surface area (Å²) in [6.45, 7) is 6.26. The van der Waals surface area contributed by atoms with E-state index >= 15 is 0 Å². The molecule has 4 nitrogen and oxygen atoms in total. The van der Waals surface area contributed by atoms with Crippen molar-refractivity contribution in [3.8, 4) is 5.75 Å². The van der Waals surface area contributed by atoms with Gasteiger partial charge in [0.25, 0.3) is 0 Å². The molecule has 5 heteroatoms. The molecule has 0 aromatic carbocycles. The molecule has 0 amide bonds. The maximum absolute atomic E-state index is 9.84. The van der Waals surface area contributed by atoms with Crippen LogP contribution in [-0.2, 0) is 22.7 Å². The monoisotopic (exact) mass is 233 g/mol. The Morgan fingerprint density at radius 1 is 1.38 bits per heavy atom. The first-order valence-electron chi connectivity index (χ1n) is 4.94. The van der Waals surface area contributed by atoms with E-state index in [1.807, 2.05) is 13.8 Å². The smallest absolute Gasteiger partial charge is 1.00 e. The summed E-state index contributed by atoms with van der Waals surface area (Å²) >= 11 is 0. The fourth-order valence-electron chi connectivity index (χ4n) is 1.51. The standard InChI is InChI=1S/C11H15NO3.Na.H/c1-7-10(13)9-6-15-11(2,3)14-5-8(9)4-12-7;;/h4,13H,5-6H2,1-3H3;;/q;+1;-1. The van der Waals surface area contributed by atoms with Crippen LogP contribution in [0.2, 0.25) is 0 Å². The molecular formula is C11H16NNaO3. The van der Waals surface area contributed by atoms with E-state index in [0.717, 1.165) is 11.1 Å². The molecule has 1 aliphatic rings. The van der Waals surface area contributed by atoms with Crippen molar-refractivity contribution < 1.29 is 45.6 Å². The Hall–Kier alpha value is -0.130. The van der Waals surface area contributed by atoms with Crippen LogP contribution >= 0.6 is 0 Å². The summed E-state index contributed by atoms with van der Waals surface area (Å²) in [5.74, 6) is -0.395. The first-order valence-corrected chi connectivity index (χ1v) is 4.94. The molecule has 0 radical (unpaired) electrons. The minimum absolute atomic E-state index is 0. The molecule has 1 aromatic rings. The van der Waals surface area contributed by atoms with Crippen LogP contribution in [0.15, 0.2) is 6.20 Å². The van der Waals surface area contributed by atoms with Crippen LogP contribution in [0.5, 0.6) is 5.75 Å². The van der Waals surface area contributed by atoms with Crippen LogP contribution in [0, 0.1) is 6.92 Å². The molecule has 0 bridgehead atoms. The zero-order valence-electron chi connectivity index (χ0n) is 11.2. The van der Waals surface area contributed by atoms with E-state index in [-0.39, 0.29) is 36.7 Å². The zero-order valence-corrected chi connectivity index (χ0v) is 12.2. The molecule has 0 unspecified atom stereocenters. The SMILES string of the molecule is Cc1ncc2c(c1O)COC(C)(C)OC2.[H-].[Na+]. The molecule has 1 N–H and O–H groups in total. The van der Waals surface area contributed by atoms with Crippen molar-refractivity contribution in [2.24, 2.45) is 0 Å². The normalized spacial score (nSPS) is 18.2. The summed E-state index contributed by atoms with van der Waals surface area (Å²) in [6.07, 6.45) is 1.73. The summed E-state index contributed by atoms with van der Waals surface area (Å²) < 4.78 is 11.1. The molecule has 16 heavy (non-hydrogen) atoms. The molecular weight excluding hydrogens is 217 g/mol. The molecule has 0 fully saturated rings. The predicted octanol–water partition coefficient (Wildman–Crippen LogP) is -1.00. The second kappa shape index (κ2) is 5.02. The van der Waals surface area contributed by atoms with Gasteiger partial charge in [-0.1, -0.05) is 0 Å². The number of hydrogen-bond acceptors (Lipinski definition) is 4. The van der Waals surface area contributed by atoms with Crippen LogP contribution in [-0.4, -0.2) is 15.9 Å². The second-order valence-corrected chi connectivity index (χ2v) is 4.17. The molecule has 0 saturated carbocycles. The van der Waals surface area contributed by atoms with Gasteiger partial charge in [-0.3, -0.25) is 4.98 Å². The summed E-state index contributed by atoms with van der Waals surface area (Å²) in [6, 6.07) is 0. The first kappa shape index (κ1) is 13.9. The van der Waals surface area contributed by atoms with E-state index in [4.69, 9.17) is 9.47 Å². The summed E-state index contributed by atoms with van der Waals surface area (Å²) in [5, 5.41) is 9.84. The molecule has 2 heterocycles. The average Bonchev–Trinajstić information content (AvgIpc) is 2.32. The summed E-state index contributed by atoms with van der Waals surface area (Å²) in [4.78, 5) is 4.10. The van der Waals surface area contributed by atoms with Crippen LogP contribution < -0.4 is 29.6 Å². The van der Waals surface area contributed by atoms with Gasteiger partial charge in [-0.2, -0.15) is 0 Å². The van der Waals surface area contributed by atoms with Crippen LogP contribution in [0.3, 0.4) is 0 Å². The third-order valence-electron chi connectivity index (χ3n) is 2.57. The Morgan fingerprint density at radius 2 is 2.00 bits per heavy atom. The van der Waals surface area contributed by atoms with E-state index in [0.29, 0.717) is 18.9 Å². The quantitative estimate of drug-likeness (QED) is 0.584. The van der Waals surface area contributed by atoms with E-state index in [1.165, 1.54) is 0 Å². The predicted molar refractivity (Wildman–Crippen MR) is 55.4 cm³/mol. The van der Waals surface area contributed by atoms with Crippen molar-refractivity contribution in [1.82, 2.24) is 4.98 Å². The van der Waals surface area contributed by atoms with E-state index in [2.05, 4.69) is 4.98 Å². The number of rotatable bonds is 0. The number of aryl methyl sites for hydroxylation is 1. The van der Waals surface area contributed by atoms with Crippen molar-refractivity contribution >= 4 is 0 Å². The molecule has 1 aliphatic heterocycles. The molecule has 0 atom stereocenters. The topological polar surface area (TPSA) is 51.6 Å². The minimum Gasteiger partial charge on any atom is -1.00 e. The molecule has 84 valence electrons. The van der Waals surface area contributed by atoms with Gasteiger partial charge in [-0.15, -0.1) is 0 Å². The van der Waals surface area contributed by atoms with E-state index < -0.39 is 5.79 Å². The van der Waals surface area contributed by atoms with Crippen molar-refractivity contribution in [2.75, 3.05) is 0 Å². The average molecular weight is 233 g/mol. The maximum Gasteiger partial charge on any atom is 1.00 e. The fourth-order valence-corrected chi connectivity index (χ4v) is 1.51. The van der Waals surface area contributed by atoms with Gasteiger partial charge >= 0.3 is 29.6 Å². The first-order chi connectivity index (χ1) is 6.99. The van der Waals surface area contributed by atoms with E-state index in [9.17, 15) is 5.11 Å². The zero-order chi connectivity index (χ0) is 11.1. The molecule has 0 spiro atoms. The summed E-state index contributed by atoms with van der Waals surface area (Å²) in [5.41, 5.74) is 2.30. The van der Waals surface area contributed by atoms with Crippen molar-refractivity contribution in [3.05, 3.63) is 23.0 Å². The number of aromatic nitrogens is 1. The third kappa shape index (κ3) is 2.76. The maximum atomic E-state index is 9.84. The van der Waals surface area contributed by atoms with Crippen LogP contribution in [0.4, 0.5) is 0 Å². The van der Waals surface area contributed by atoms with Crippen LogP contribution in [0.25, 0.3) is 0 Å². The third-order valence-corrected chi connectivity index (χ3v) is 2.57. The Bertz CT molecular complexity index is 399. The van der Waals surface area contributed by atoms with E-state index in [1.54, 1.807) is 13.1 Å². The van der Waals surface area contributed by atoms with Crippen molar-refractivity contribution in [1.29, 1.82) is 0 Å². The number of ether oxygens (including phenoxy) is 2. The van der Waals surface area contributed by atoms with Crippen LogP contribution in [0.1, 0.15) is 32.1 Å². The van der Waals surface area contributed by atoms with Gasteiger partial charge in [0.1, 0.15) is 5.75 Å². The fraction of sp³-hybridized carbons (Fsp3) is 0.545. The van der Waals surface area contributed by atoms with Gasteiger partial charge in [0, 0.05) is 17.3 Å². The van der Waals surface area contributed by atoms with Gasteiger partial charge in [0.05, 0.1) is 18.9 Å². The van der Waals surface area contributed by atoms with Gasteiger partial charge in [-0.25, -0.2) is 0 Å². The Morgan fingerprint density at radius 3 is 2.69 bits per heavy atom. The number of fused-ring (bicyclic) bond motifs is 1. The van der Waals surface area contributed by atoms with Crippen molar-refractivity contribution in [3.63, 3.8) is 0 Å². The number of hydrogen-bond donors (Lipinski definition) is 1. The Labute approximate surface area is 119 Å². The molecule has 2 rings (SSSR count). The molecule has 1 aromatic heterocycles. The number of aromatic hydroxyl groups is 1. The second-order valence-electron chi connectivity index (χ2n) is 4.17. The largest absolute Gasteiger partial charge is 1.00 e. The van der Waals surface area contributed by atoms with Gasteiger partial charge in [0.15, 0.2) is 5.79 Å². The van der Waals surface area contributed by atoms with Crippen molar-refractivity contribution in [2.45, 2.75) is 39.8 Å².